The summed E-state index contributed by atoms with van der Waals surface area (Å²) in [5.74, 6) is 0. The molecule has 0 aliphatic heterocycles. The molecule has 68 valence electrons. The summed E-state index contributed by atoms with van der Waals surface area (Å²) >= 11 is 7.44. The van der Waals surface area contributed by atoms with Gasteiger partial charge in [-0.25, -0.2) is 0 Å². The van der Waals surface area contributed by atoms with Crippen LogP contribution in [0.5, 0.6) is 5.06 Å². The van der Waals surface area contributed by atoms with Crippen LogP contribution in [0.4, 0.5) is 5.69 Å². The maximum absolute atomic E-state index is 5.88. The van der Waals surface area contributed by atoms with Crippen LogP contribution in [0.25, 0.3) is 10.1 Å². The number of hydrogen-bond acceptors (Lipinski definition) is 3. The third kappa shape index (κ3) is 1.45. The summed E-state index contributed by atoms with van der Waals surface area (Å²) in [5.41, 5.74) is 6.27. The molecule has 0 saturated carbocycles. The smallest absolute Gasteiger partial charge is 0.174 e. The minimum Gasteiger partial charge on any atom is -0.487 e. The fourth-order valence-corrected chi connectivity index (χ4v) is 2.28. The molecule has 2 rings (SSSR count). The van der Waals surface area contributed by atoms with Crippen LogP contribution in [0, 0.1) is 0 Å². The van der Waals surface area contributed by atoms with Gasteiger partial charge in [0, 0.05) is 4.70 Å². The number of thiophene rings is 1. The average molecular weight is 214 g/mol. The SMILES string of the molecule is COc1cc2cc(N)c(Cl)cc2s1. The lowest BCUT2D eigenvalue weighted by Gasteiger charge is -1.95. The van der Waals surface area contributed by atoms with Crippen molar-refractivity contribution in [2.24, 2.45) is 0 Å². The molecule has 13 heavy (non-hydrogen) atoms. The van der Waals surface area contributed by atoms with Crippen molar-refractivity contribution >= 4 is 38.7 Å². The Labute approximate surface area is 84.9 Å². The van der Waals surface area contributed by atoms with Crippen molar-refractivity contribution < 1.29 is 4.74 Å². The second-order valence-corrected chi connectivity index (χ2v) is 4.13. The lowest BCUT2D eigenvalue weighted by Crippen LogP contribution is -1.83. The van der Waals surface area contributed by atoms with Crippen LogP contribution < -0.4 is 10.5 Å². The minimum absolute atomic E-state index is 0.594. The molecule has 1 heterocycles. The lowest BCUT2D eigenvalue weighted by atomic mass is 10.2. The van der Waals surface area contributed by atoms with Gasteiger partial charge in [0.15, 0.2) is 5.06 Å². The van der Waals surface area contributed by atoms with E-state index < -0.39 is 0 Å². The van der Waals surface area contributed by atoms with E-state index in [0.29, 0.717) is 10.7 Å². The first kappa shape index (κ1) is 8.66. The zero-order valence-electron chi connectivity index (χ0n) is 7.00. The van der Waals surface area contributed by atoms with Gasteiger partial charge >= 0.3 is 0 Å². The van der Waals surface area contributed by atoms with E-state index in [4.69, 9.17) is 22.1 Å². The van der Waals surface area contributed by atoms with Gasteiger partial charge in [0.05, 0.1) is 17.8 Å². The first-order valence-electron chi connectivity index (χ1n) is 3.73. The monoisotopic (exact) mass is 213 g/mol. The van der Waals surface area contributed by atoms with Crippen molar-refractivity contribution in [3.63, 3.8) is 0 Å². The molecule has 4 heteroatoms. The van der Waals surface area contributed by atoms with Gasteiger partial charge in [-0.05, 0) is 23.6 Å². The molecule has 2 nitrogen and oxygen atoms in total. The standard InChI is InChI=1S/C9H8ClNOS/c1-12-9-3-5-2-7(11)6(10)4-8(5)13-9/h2-4H,11H2,1H3. The third-order valence-electron chi connectivity index (χ3n) is 1.81. The molecule has 0 aliphatic carbocycles. The highest BCUT2D eigenvalue weighted by molar-refractivity contribution is 7.20. The maximum atomic E-state index is 5.88. The molecule has 2 aromatic rings. The van der Waals surface area contributed by atoms with Crippen molar-refractivity contribution in [1.82, 2.24) is 0 Å². The summed E-state index contributed by atoms with van der Waals surface area (Å²) in [7, 11) is 1.65. The number of benzene rings is 1. The van der Waals surface area contributed by atoms with E-state index >= 15 is 0 Å². The van der Waals surface area contributed by atoms with Crippen molar-refractivity contribution in [2.75, 3.05) is 12.8 Å². The van der Waals surface area contributed by atoms with Gasteiger partial charge in [-0.3, -0.25) is 0 Å². The van der Waals surface area contributed by atoms with E-state index in [2.05, 4.69) is 0 Å². The maximum Gasteiger partial charge on any atom is 0.174 e. The van der Waals surface area contributed by atoms with E-state index in [1.54, 1.807) is 18.4 Å². The number of nitrogen functional groups attached to an aromatic ring is 1. The Hall–Kier alpha value is -0.930. The van der Waals surface area contributed by atoms with Crippen LogP contribution >= 0.6 is 22.9 Å². The Morgan fingerprint density at radius 2 is 2.15 bits per heavy atom. The van der Waals surface area contributed by atoms with E-state index in [9.17, 15) is 0 Å². The average Bonchev–Trinajstić information content (AvgIpc) is 2.48. The third-order valence-corrected chi connectivity index (χ3v) is 3.20. The Morgan fingerprint density at radius 1 is 1.38 bits per heavy atom. The highest BCUT2D eigenvalue weighted by atomic mass is 35.5. The molecule has 2 N–H and O–H groups in total. The van der Waals surface area contributed by atoms with Gasteiger partial charge in [-0.1, -0.05) is 22.9 Å². The molecule has 0 atom stereocenters. The zero-order chi connectivity index (χ0) is 9.42. The van der Waals surface area contributed by atoms with Gasteiger partial charge in [0.1, 0.15) is 0 Å². The molecule has 0 spiro atoms. The molecule has 0 unspecified atom stereocenters. The number of nitrogens with two attached hydrogens (primary N) is 1. The van der Waals surface area contributed by atoms with Crippen molar-refractivity contribution in [1.29, 1.82) is 0 Å². The van der Waals surface area contributed by atoms with E-state index in [1.807, 2.05) is 18.2 Å². The summed E-state index contributed by atoms with van der Waals surface area (Å²) < 4.78 is 6.21. The normalized spacial score (nSPS) is 10.6. The number of hydrogen-bond donors (Lipinski definition) is 1. The molecule has 1 aromatic carbocycles. The fourth-order valence-electron chi connectivity index (χ4n) is 1.16. The number of methoxy groups -OCH3 is 1. The molecule has 0 bridgehead atoms. The minimum atomic E-state index is 0.594. The number of rotatable bonds is 1. The Kier molecular flexibility index (Phi) is 2.06. The Balaban J connectivity index is 2.70. The van der Waals surface area contributed by atoms with Crippen LogP contribution in [-0.4, -0.2) is 7.11 Å². The Morgan fingerprint density at radius 3 is 2.85 bits per heavy atom. The number of anilines is 1. The summed E-state index contributed by atoms with van der Waals surface area (Å²) in [6.07, 6.45) is 0. The predicted molar refractivity (Wildman–Crippen MR) is 57.8 cm³/mol. The zero-order valence-corrected chi connectivity index (χ0v) is 8.58. The van der Waals surface area contributed by atoms with E-state index in [1.165, 1.54) is 0 Å². The molecule has 0 radical (unpaired) electrons. The summed E-state index contributed by atoms with van der Waals surface area (Å²) in [6, 6.07) is 5.67. The van der Waals surface area contributed by atoms with Crippen LogP contribution in [-0.2, 0) is 0 Å². The molecule has 0 saturated heterocycles. The second-order valence-electron chi connectivity index (χ2n) is 2.68. The van der Waals surface area contributed by atoms with E-state index in [-0.39, 0.29) is 0 Å². The first-order chi connectivity index (χ1) is 6.20. The van der Waals surface area contributed by atoms with Gasteiger partial charge in [-0.15, -0.1) is 0 Å². The Bertz CT molecular complexity index is 413. The number of ether oxygens (including phenoxy) is 1. The second kappa shape index (κ2) is 3.09. The molecular formula is C9H8ClNOS. The van der Waals surface area contributed by atoms with Crippen LogP contribution in [0.1, 0.15) is 0 Å². The van der Waals surface area contributed by atoms with Crippen LogP contribution in [0.2, 0.25) is 5.02 Å². The largest absolute Gasteiger partial charge is 0.487 e. The fraction of sp³-hybridized carbons (Fsp3) is 0.111. The highest BCUT2D eigenvalue weighted by Crippen LogP contribution is 2.35. The molecular weight excluding hydrogens is 206 g/mol. The summed E-state index contributed by atoms with van der Waals surface area (Å²) in [6.45, 7) is 0. The molecule has 0 fully saturated rings. The van der Waals surface area contributed by atoms with Gasteiger partial charge < -0.3 is 10.5 Å². The van der Waals surface area contributed by atoms with Gasteiger partial charge in [0.2, 0.25) is 0 Å². The van der Waals surface area contributed by atoms with E-state index in [0.717, 1.165) is 15.1 Å². The molecule has 0 amide bonds. The van der Waals surface area contributed by atoms with Crippen molar-refractivity contribution in [2.45, 2.75) is 0 Å². The van der Waals surface area contributed by atoms with Gasteiger partial charge in [0.25, 0.3) is 0 Å². The van der Waals surface area contributed by atoms with Crippen LogP contribution in [0.3, 0.4) is 0 Å². The molecule has 0 aliphatic rings. The van der Waals surface area contributed by atoms with Gasteiger partial charge in [-0.2, -0.15) is 0 Å². The summed E-state index contributed by atoms with van der Waals surface area (Å²) in [4.78, 5) is 0. The highest BCUT2D eigenvalue weighted by Gasteiger charge is 2.04. The van der Waals surface area contributed by atoms with Crippen molar-refractivity contribution in [3.8, 4) is 5.06 Å². The topological polar surface area (TPSA) is 35.2 Å². The van der Waals surface area contributed by atoms with Crippen LogP contribution in [0.15, 0.2) is 18.2 Å². The molecule has 1 aromatic heterocycles. The quantitative estimate of drug-likeness (QED) is 0.739. The number of halogens is 1. The first-order valence-corrected chi connectivity index (χ1v) is 4.92. The lowest BCUT2D eigenvalue weighted by molar-refractivity contribution is 0.427. The van der Waals surface area contributed by atoms with Crippen molar-refractivity contribution in [3.05, 3.63) is 23.2 Å². The number of fused-ring (bicyclic) bond motifs is 1. The summed E-state index contributed by atoms with van der Waals surface area (Å²) in [5, 5.41) is 2.54. The predicted octanol–water partition coefficient (Wildman–Crippen LogP) is 3.15.